The highest BCUT2D eigenvalue weighted by Crippen LogP contribution is 2.30. The molecule has 168 valence electrons. The number of ether oxygens (including phenoxy) is 4. The molecule has 1 amide bonds. The molecule has 0 unspecified atom stereocenters. The number of esters is 3. The fourth-order valence-electron chi connectivity index (χ4n) is 3.15. The second-order valence-corrected chi connectivity index (χ2v) is 6.90. The molecule has 0 saturated carbocycles. The van der Waals surface area contributed by atoms with Crippen LogP contribution in [-0.2, 0) is 28.5 Å². The molecule has 1 heterocycles. The Kier molecular flexibility index (Phi) is 7.56. The van der Waals surface area contributed by atoms with Gasteiger partial charge in [-0.2, -0.15) is 0 Å². The minimum atomic E-state index is -1.44. The smallest absolute Gasteiger partial charge is 0.338 e. The van der Waals surface area contributed by atoms with Crippen molar-refractivity contribution in [3.63, 3.8) is 0 Å². The summed E-state index contributed by atoms with van der Waals surface area (Å²) in [6.45, 7) is 3.13. The molecule has 0 radical (unpaired) electrons. The highest BCUT2D eigenvalue weighted by atomic mass is 16.7. The standard InChI is InChI=1S/C23H23NO8/c1-3-24-20(26)18-17(30-21(27)15-10-6-4-7-11-15)19(23(32-18)29-14(2)25)31-22(28)16-12-8-5-9-13-16/h4-13,17-19,23H,3H2,1-2H3,(H,24,26)/t17-,18-,19+,23+/m0/s1. The number of hydrogen-bond donors (Lipinski definition) is 1. The second-order valence-electron chi connectivity index (χ2n) is 6.90. The number of amides is 1. The number of carbonyl (C=O) groups is 4. The molecule has 0 bridgehead atoms. The minimum Gasteiger partial charge on any atom is -0.451 e. The number of likely N-dealkylation sites (N-methyl/N-ethyl adjacent to an activating group) is 1. The molecule has 0 spiro atoms. The van der Waals surface area contributed by atoms with Crippen LogP contribution < -0.4 is 5.32 Å². The Morgan fingerprint density at radius 3 is 1.78 bits per heavy atom. The monoisotopic (exact) mass is 441 g/mol. The summed E-state index contributed by atoms with van der Waals surface area (Å²) in [7, 11) is 0. The summed E-state index contributed by atoms with van der Waals surface area (Å²) < 4.78 is 21.8. The Labute approximate surface area is 184 Å². The average molecular weight is 441 g/mol. The van der Waals surface area contributed by atoms with E-state index in [1.54, 1.807) is 43.3 Å². The Balaban J connectivity index is 1.91. The van der Waals surface area contributed by atoms with E-state index >= 15 is 0 Å². The van der Waals surface area contributed by atoms with Gasteiger partial charge < -0.3 is 24.3 Å². The van der Waals surface area contributed by atoms with Gasteiger partial charge in [0, 0.05) is 13.5 Å². The van der Waals surface area contributed by atoms with Crippen LogP contribution in [0.4, 0.5) is 0 Å². The van der Waals surface area contributed by atoms with Crippen LogP contribution in [-0.4, -0.2) is 55.0 Å². The van der Waals surface area contributed by atoms with E-state index < -0.39 is 48.4 Å². The van der Waals surface area contributed by atoms with Crippen LogP contribution in [0.1, 0.15) is 34.6 Å². The summed E-state index contributed by atoms with van der Waals surface area (Å²) in [5, 5.41) is 2.57. The van der Waals surface area contributed by atoms with Gasteiger partial charge in [-0.25, -0.2) is 9.59 Å². The molecule has 2 aromatic rings. The van der Waals surface area contributed by atoms with Gasteiger partial charge in [0.2, 0.25) is 12.4 Å². The molecule has 1 fully saturated rings. The molecular formula is C23H23NO8. The largest absolute Gasteiger partial charge is 0.451 e. The van der Waals surface area contributed by atoms with E-state index in [4.69, 9.17) is 18.9 Å². The van der Waals surface area contributed by atoms with Crippen LogP contribution in [0.15, 0.2) is 60.7 Å². The fourth-order valence-corrected chi connectivity index (χ4v) is 3.15. The molecule has 1 aliphatic rings. The topological polar surface area (TPSA) is 117 Å². The van der Waals surface area contributed by atoms with Gasteiger partial charge >= 0.3 is 17.9 Å². The Morgan fingerprint density at radius 2 is 1.31 bits per heavy atom. The Hall–Kier alpha value is -3.72. The van der Waals surface area contributed by atoms with Crippen molar-refractivity contribution in [2.24, 2.45) is 0 Å². The number of benzene rings is 2. The molecule has 1 saturated heterocycles. The third kappa shape index (κ3) is 5.50. The normalized spacial score (nSPS) is 21.9. The molecular weight excluding hydrogens is 418 g/mol. The number of rotatable bonds is 7. The van der Waals surface area contributed by atoms with Crippen molar-refractivity contribution in [1.29, 1.82) is 0 Å². The quantitative estimate of drug-likeness (QED) is 0.511. The maximum absolute atomic E-state index is 12.7. The first kappa shape index (κ1) is 23.0. The zero-order valence-corrected chi connectivity index (χ0v) is 17.6. The number of carbonyl (C=O) groups excluding carboxylic acids is 4. The predicted octanol–water partition coefficient (Wildman–Crippen LogP) is 1.86. The zero-order chi connectivity index (χ0) is 23.1. The van der Waals surface area contributed by atoms with Gasteiger partial charge in [0.15, 0.2) is 12.2 Å². The minimum absolute atomic E-state index is 0.226. The summed E-state index contributed by atoms with van der Waals surface area (Å²) in [5.74, 6) is -2.83. The maximum atomic E-state index is 12.7. The zero-order valence-electron chi connectivity index (χ0n) is 17.6. The van der Waals surface area contributed by atoms with Crippen LogP contribution in [0.25, 0.3) is 0 Å². The van der Waals surface area contributed by atoms with E-state index in [9.17, 15) is 19.2 Å². The van der Waals surface area contributed by atoms with Crippen molar-refractivity contribution in [2.75, 3.05) is 6.54 Å². The third-order valence-electron chi connectivity index (χ3n) is 4.57. The van der Waals surface area contributed by atoms with Crippen LogP contribution >= 0.6 is 0 Å². The molecule has 3 rings (SSSR count). The van der Waals surface area contributed by atoms with Crippen molar-refractivity contribution in [3.05, 3.63) is 71.8 Å². The molecule has 32 heavy (non-hydrogen) atoms. The predicted molar refractivity (Wildman–Crippen MR) is 110 cm³/mol. The number of hydrogen-bond acceptors (Lipinski definition) is 8. The lowest BCUT2D eigenvalue weighted by molar-refractivity contribution is -0.187. The van der Waals surface area contributed by atoms with Gasteiger partial charge in [0.05, 0.1) is 11.1 Å². The molecule has 0 aliphatic carbocycles. The van der Waals surface area contributed by atoms with Crippen molar-refractivity contribution in [2.45, 2.75) is 38.4 Å². The molecule has 1 N–H and O–H groups in total. The summed E-state index contributed by atoms with van der Waals surface area (Å²) in [5.41, 5.74) is 0.454. The highest BCUT2D eigenvalue weighted by molar-refractivity contribution is 5.91. The van der Waals surface area contributed by atoms with Crippen LogP contribution in [0.5, 0.6) is 0 Å². The molecule has 2 aromatic carbocycles. The van der Waals surface area contributed by atoms with Gasteiger partial charge in [-0.15, -0.1) is 0 Å². The van der Waals surface area contributed by atoms with E-state index in [2.05, 4.69) is 5.32 Å². The van der Waals surface area contributed by atoms with Crippen LogP contribution in [0.2, 0.25) is 0 Å². The van der Waals surface area contributed by atoms with Gasteiger partial charge in [-0.1, -0.05) is 36.4 Å². The third-order valence-corrected chi connectivity index (χ3v) is 4.57. The molecule has 1 aliphatic heterocycles. The van der Waals surface area contributed by atoms with Crippen molar-refractivity contribution in [1.82, 2.24) is 5.32 Å². The van der Waals surface area contributed by atoms with Crippen molar-refractivity contribution < 1.29 is 38.1 Å². The van der Waals surface area contributed by atoms with Gasteiger partial charge in [0.25, 0.3) is 5.91 Å². The Morgan fingerprint density at radius 1 is 0.812 bits per heavy atom. The first-order valence-electron chi connectivity index (χ1n) is 10.0. The lowest BCUT2D eigenvalue weighted by Crippen LogP contribution is -2.46. The van der Waals surface area contributed by atoms with E-state index in [0.717, 1.165) is 6.92 Å². The average Bonchev–Trinajstić information content (AvgIpc) is 3.11. The first-order chi connectivity index (χ1) is 15.4. The molecule has 4 atom stereocenters. The second kappa shape index (κ2) is 10.5. The lowest BCUT2D eigenvalue weighted by atomic mass is 10.1. The van der Waals surface area contributed by atoms with E-state index in [1.165, 1.54) is 24.3 Å². The van der Waals surface area contributed by atoms with Gasteiger partial charge in [0.1, 0.15) is 0 Å². The molecule has 0 aromatic heterocycles. The van der Waals surface area contributed by atoms with Crippen molar-refractivity contribution >= 4 is 23.8 Å². The summed E-state index contributed by atoms with van der Waals surface area (Å²) in [4.78, 5) is 49.6. The van der Waals surface area contributed by atoms with Gasteiger partial charge in [-0.05, 0) is 31.2 Å². The fraction of sp³-hybridized carbons (Fsp3) is 0.304. The van der Waals surface area contributed by atoms with Gasteiger partial charge in [-0.3, -0.25) is 9.59 Å². The van der Waals surface area contributed by atoms with E-state index in [0.29, 0.717) is 0 Å². The first-order valence-corrected chi connectivity index (χ1v) is 10.0. The van der Waals surface area contributed by atoms with Crippen molar-refractivity contribution in [3.8, 4) is 0 Å². The lowest BCUT2D eigenvalue weighted by Gasteiger charge is -2.23. The summed E-state index contributed by atoms with van der Waals surface area (Å²) in [6, 6.07) is 16.2. The molecule has 9 nitrogen and oxygen atoms in total. The summed E-state index contributed by atoms with van der Waals surface area (Å²) >= 11 is 0. The molecule has 9 heteroatoms. The Bertz CT molecular complexity index is 962. The SMILES string of the molecule is CCNC(=O)[C@H]1O[C@@H](OC(C)=O)[C@H](OC(=O)c2ccccc2)[C@H]1OC(=O)c1ccccc1. The van der Waals surface area contributed by atoms with E-state index in [1.807, 2.05) is 0 Å². The highest BCUT2D eigenvalue weighted by Gasteiger charge is 2.54. The maximum Gasteiger partial charge on any atom is 0.338 e. The van der Waals surface area contributed by atoms with E-state index in [-0.39, 0.29) is 17.7 Å². The summed E-state index contributed by atoms with van der Waals surface area (Å²) in [6.07, 6.45) is -5.53. The van der Waals surface area contributed by atoms with Crippen LogP contribution in [0, 0.1) is 0 Å². The number of nitrogens with one attached hydrogen (secondary N) is 1. The van der Waals surface area contributed by atoms with Crippen LogP contribution in [0.3, 0.4) is 0 Å².